The number of carbonyl (C=O) groups is 1. The molecule has 0 spiro atoms. The summed E-state index contributed by atoms with van der Waals surface area (Å²) in [5, 5.41) is 1.20. The highest BCUT2D eigenvalue weighted by molar-refractivity contribution is 6.02. The van der Waals surface area contributed by atoms with Crippen molar-refractivity contribution < 1.29 is 9.53 Å². The lowest BCUT2D eigenvalue weighted by Crippen LogP contribution is -2.36. The van der Waals surface area contributed by atoms with Gasteiger partial charge in [0.15, 0.2) is 0 Å². The topological polar surface area (TPSA) is 34.5 Å². The number of aryl methyl sites for hydroxylation is 2. The fraction of sp³-hybridized carbons (Fsp3) is 0.276. The van der Waals surface area contributed by atoms with E-state index in [1.807, 2.05) is 18.2 Å². The first-order valence-corrected chi connectivity index (χ1v) is 11.8. The van der Waals surface area contributed by atoms with Crippen LogP contribution in [0.1, 0.15) is 45.9 Å². The van der Waals surface area contributed by atoms with Crippen LogP contribution in [-0.4, -0.2) is 34.6 Å². The average Bonchev–Trinajstić information content (AvgIpc) is 3.52. The summed E-state index contributed by atoms with van der Waals surface area (Å²) >= 11 is 0. The third kappa shape index (κ3) is 3.20. The van der Waals surface area contributed by atoms with Gasteiger partial charge in [0.05, 0.1) is 17.8 Å². The van der Waals surface area contributed by atoms with Gasteiger partial charge in [0.2, 0.25) is 0 Å². The molecular weight excluding hydrogens is 408 g/mol. The Kier molecular flexibility index (Phi) is 4.84. The Hall–Kier alpha value is -3.37. The van der Waals surface area contributed by atoms with Crippen LogP contribution in [0.25, 0.3) is 22.2 Å². The minimum atomic E-state index is -0.139. The lowest BCUT2D eigenvalue weighted by molar-refractivity contribution is 0.0501. The lowest BCUT2D eigenvalue weighted by atomic mass is 9.93. The zero-order chi connectivity index (χ0) is 22.5. The van der Waals surface area contributed by atoms with Gasteiger partial charge in [-0.2, -0.15) is 0 Å². The maximum absolute atomic E-state index is 13.7. The van der Waals surface area contributed by atoms with Crippen LogP contribution in [-0.2, 0) is 11.8 Å². The van der Waals surface area contributed by atoms with Crippen LogP contribution >= 0.6 is 0 Å². The summed E-state index contributed by atoms with van der Waals surface area (Å²) in [5.41, 5.74) is 7.85. The largest absolute Gasteiger partial charge is 0.376 e. The van der Waals surface area contributed by atoms with E-state index in [2.05, 4.69) is 78.0 Å². The summed E-state index contributed by atoms with van der Waals surface area (Å²) in [4.78, 5) is 15.7. The molecule has 1 aromatic heterocycles. The number of nitrogens with zero attached hydrogens (tertiary/aromatic N) is 2. The van der Waals surface area contributed by atoms with Crippen LogP contribution in [0.5, 0.6) is 0 Å². The zero-order valence-corrected chi connectivity index (χ0v) is 19.1. The average molecular weight is 437 g/mol. The molecule has 1 saturated heterocycles. The van der Waals surface area contributed by atoms with E-state index in [0.717, 1.165) is 30.6 Å². The Balaban J connectivity index is 1.61. The number of hydrogen-bond donors (Lipinski definition) is 0. The summed E-state index contributed by atoms with van der Waals surface area (Å²) in [6.45, 7) is 3.52. The van der Waals surface area contributed by atoms with Crippen molar-refractivity contribution in [1.82, 2.24) is 9.47 Å². The maximum atomic E-state index is 13.7. The maximum Gasteiger partial charge on any atom is 0.255 e. The van der Waals surface area contributed by atoms with Crippen molar-refractivity contribution in [1.29, 1.82) is 0 Å². The van der Waals surface area contributed by atoms with Gasteiger partial charge in [0.25, 0.3) is 5.91 Å². The van der Waals surface area contributed by atoms with Crippen molar-refractivity contribution in [2.75, 3.05) is 13.2 Å². The molecule has 166 valence electrons. The SMILES string of the molecule is Cc1ccc(-c2c(C3c4ccccc4C(=O)N3CC3CCCO3)c3ccccc3n2C)cc1. The number of ether oxygens (including phenoxy) is 1. The molecule has 2 atom stereocenters. The summed E-state index contributed by atoms with van der Waals surface area (Å²) in [6.07, 6.45) is 2.17. The molecule has 2 aliphatic heterocycles. The van der Waals surface area contributed by atoms with Crippen molar-refractivity contribution in [2.24, 2.45) is 7.05 Å². The molecule has 4 heteroatoms. The van der Waals surface area contributed by atoms with Gasteiger partial charge in [0.1, 0.15) is 0 Å². The van der Waals surface area contributed by atoms with Gasteiger partial charge >= 0.3 is 0 Å². The van der Waals surface area contributed by atoms with Crippen molar-refractivity contribution in [3.8, 4) is 11.3 Å². The Labute approximate surface area is 194 Å². The molecule has 1 fully saturated rings. The summed E-state index contributed by atoms with van der Waals surface area (Å²) < 4.78 is 8.25. The number of aromatic nitrogens is 1. The normalized spacial score (nSPS) is 20.1. The zero-order valence-electron chi connectivity index (χ0n) is 19.1. The molecule has 1 amide bonds. The van der Waals surface area contributed by atoms with Crippen LogP contribution in [0.3, 0.4) is 0 Å². The Morgan fingerprint density at radius 1 is 0.970 bits per heavy atom. The number of benzene rings is 3. The standard InChI is InChI=1S/C29H28N2O2/c1-19-13-15-20(16-14-19)27-26(24-11-5-6-12-25(24)30(27)2)28-22-9-3-4-10-23(22)29(32)31(28)18-21-8-7-17-33-21/h3-6,9-16,21,28H,7-8,17-18H2,1-2H3. The molecule has 4 aromatic rings. The minimum Gasteiger partial charge on any atom is -0.376 e. The van der Waals surface area contributed by atoms with Crippen LogP contribution in [0, 0.1) is 6.92 Å². The Morgan fingerprint density at radius 3 is 2.52 bits per heavy atom. The first kappa shape index (κ1) is 20.3. The van der Waals surface area contributed by atoms with E-state index in [-0.39, 0.29) is 18.1 Å². The second kappa shape index (κ2) is 7.89. The van der Waals surface area contributed by atoms with E-state index in [1.165, 1.54) is 33.3 Å². The number of hydrogen-bond acceptors (Lipinski definition) is 2. The molecular formula is C29H28N2O2. The summed E-state index contributed by atoms with van der Waals surface area (Å²) in [5.74, 6) is 0.105. The lowest BCUT2D eigenvalue weighted by Gasteiger charge is -2.29. The molecule has 2 unspecified atom stereocenters. The molecule has 2 aliphatic rings. The second-order valence-corrected chi connectivity index (χ2v) is 9.29. The number of rotatable bonds is 4. The van der Waals surface area contributed by atoms with Gasteiger partial charge in [-0.3, -0.25) is 4.79 Å². The first-order chi connectivity index (χ1) is 16.1. The van der Waals surface area contributed by atoms with Crippen molar-refractivity contribution >= 4 is 16.8 Å². The van der Waals surface area contributed by atoms with Gasteiger partial charge in [-0.15, -0.1) is 0 Å². The predicted octanol–water partition coefficient (Wildman–Crippen LogP) is 5.88. The van der Waals surface area contributed by atoms with E-state index in [9.17, 15) is 4.79 Å². The minimum absolute atomic E-state index is 0.101. The van der Waals surface area contributed by atoms with E-state index in [0.29, 0.717) is 6.54 Å². The molecule has 0 aliphatic carbocycles. The van der Waals surface area contributed by atoms with Gasteiger partial charge in [-0.25, -0.2) is 0 Å². The monoisotopic (exact) mass is 436 g/mol. The fourth-order valence-electron chi connectivity index (χ4n) is 5.64. The van der Waals surface area contributed by atoms with Crippen LogP contribution < -0.4 is 0 Å². The van der Waals surface area contributed by atoms with Crippen molar-refractivity contribution in [3.05, 3.63) is 95.1 Å². The molecule has 3 aromatic carbocycles. The highest BCUT2D eigenvalue weighted by atomic mass is 16.5. The highest BCUT2D eigenvalue weighted by Crippen LogP contribution is 2.46. The molecule has 0 bridgehead atoms. The Morgan fingerprint density at radius 2 is 1.73 bits per heavy atom. The first-order valence-electron chi connectivity index (χ1n) is 11.8. The van der Waals surface area contributed by atoms with Crippen LogP contribution in [0.2, 0.25) is 0 Å². The van der Waals surface area contributed by atoms with Gasteiger partial charge < -0.3 is 14.2 Å². The highest BCUT2D eigenvalue weighted by Gasteiger charge is 2.41. The van der Waals surface area contributed by atoms with E-state index >= 15 is 0 Å². The number of para-hydroxylation sites is 1. The van der Waals surface area contributed by atoms with Crippen molar-refractivity contribution in [3.63, 3.8) is 0 Å². The molecule has 0 saturated carbocycles. The van der Waals surface area contributed by atoms with Gasteiger partial charge in [-0.1, -0.05) is 66.2 Å². The third-order valence-electron chi connectivity index (χ3n) is 7.23. The second-order valence-electron chi connectivity index (χ2n) is 9.29. The van der Waals surface area contributed by atoms with Crippen molar-refractivity contribution in [2.45, 2.75) is 31.9 Å². The van der Waals surface area contributed by atoms with Gasteiger partial charge in [-0.05, 0) is 43.0 Å². The van der Waals surface area contributed by atoms with Crippen LogP contribution in [0.15, 0.2) is 72.8 Å². The summed E-state index contributed by atoms with van der Waals surface area (Å²) in [7, 11) is 2.13. The van der Waals surface area contributed by atoms with E-state index in [4.69, 9.17) is 4.74 Å². The van der Waals surface area contributed by atoms with E-state index in [1.54, 1.807) is 0 Å². The molecule has 3 heterocycles. The van der Waals surface area contributed by atoms with Gasteiger partial charge in [0, 0.05) is 42.2 Å². The smallest absolute Gasteiger partial charge is 0.255 e. The predicted molar refractivity (Wildman–Crippen MR) is 131 cm³/mol. The summed E-state index contributed by atoms with van der Waals surface area (Å²) in [6, 6.07) is 25.2. The third-order valence-corrected chi connectivity index (χ3v) is 7.23. The van der Waals surface area contributed by atoms with Crippen LogP contribution in [0.4, 0.5) is 0 Å². The van der Waals surface area contributed by atoms with E-state index < -0.39 is 0 Å². The number of fused-ring (bicyclic) bond motifs is 2. The molecule has 6 rings (SSSR count). The Bertz CT molecular complexity index is 1350. The molecule has 0 N–H and O–H groups in total. The quantitative estimate of drug-likeness (QED) is 0.400. The fourth-order valence-corrected chi connectivity index (χ4v) is 5.64. The number of amides is 1. The molecule has 0 radical (unpaired) electrons. The number of carbonyl (C=O) groups excluding carboxylic acids is 1. The molecule has 4 nitrogen and oxygen atoms in total. The molecule has 33 heavy (non-hydrogen) atoms.